The molecular formula is C19H20FNO2. The highest BCUT2D eigenvalue weighted by Crippen LogP contribution is 2.23. The lowest BCUT2D eigenvalue weighted by atomic mass is 10.0. The number of hydrogen-bond acceptors (Lipinski definition) is 2. The standard InChI is InChI=1S/C19H20FNO2/c1-14-4-2-3-5-16(14)12-19(22)21-10-11-23-18(13-21)15-6-8-17(20)9-7-15/h2-9,18H,10-13H2,1H3/t18-/m1/s1. The number of rotatable bonds is 3. The molecule has 0 radical (unpaired) electrons. The second kappa shape index (κ2) is 6.92. The van der Waals surface area contributed by atoms with Crippen LogP contribution in [0.15, 0.2) is 48.5 Å². The summed E-state index contributed by atoms with van der Waals surface area (Å²) in [5.74, 6) is -0.160. The molecule has 2 aromatic carbocycles. The third kappa shape index (κ3) is 3.77. The maximum atomic E-state index is 13.0. The Kier molecular flexibility index (Phi) is 4.72. The summed E-state index contributed by atoms with van der Waals surface area (Å²) in [6.45, 7) is 3.63. The van der Waals surface area contributed by atoms with Crippen molar-refractivity contribution in [2.75, 3.05) is 19.7 Å². The van der Waals surface area contributed by atoms with Crippen LogP contribution in [0.5, 0.6) is 0 Å². The van der Waals surface area contributed by atoms with Gasteiger partial charge in [0.25, 0.3) is 0 Å². The highest BCUT2D eigenvalue weighted by molar-refractivity contribution is 5.79. The van der Waals surface area contributed by atoms with Crippen molar-refractivity contribution in [1.29, 1.82) is 0 Å². The summed E-state index contributed by atoms with van der Waals surface area (Å²) in [7, 11) is 0. The molecule has 0 N–H and O–H groups in total. The number of carbonyl (C=O) groups excluding carboxylic acids is 1. The van der Waals surface area contributed by atoms with Crippen molar-refractivity contribution >= 4 is 5.91 Å². The molecular weight excluding hydrogens is 293 g/mol. The smallest absolute Gasteiger partial charge is 0.227 e. The quantitative estimate of drug-likeness (QED) is 0.870. The molecule has 2 aromatic rings. The molecule has 0 unspecified atom stereocenters. The van der Waals surface area contributed by atoms with Crippen LogP contribution in [-0.4, -0.2) is 30.5 Å². The fourth-order valence-electron chi connectivity index (χ4n) is 2.84. The summed E-state index contributed by atoms with van der Waals surface area (Å²) in [4.78, 5) is 14.4. The van der Waals surface area contributed by atoms with E-state index in [0.717, 1.165) is 16.7 Å². The first-order chi connectivity index (χ1) is 11.1. The van der Waals surface area contributed by atoms with E-state index in [1.54, 1.807) is 12.1 Å². The number of ether oxygens (including phenoxy) is 1. The fourth-order valence-corrected chi connectivity index (χ4v) is 2.84. The molecule has 3 rings (SSSR count). The monoisotopic (exact) mass is 313 g/mol. The Morgan fingerprint density at radius 2 is 1.96 bits per heavy atom. The third-order valence-corrected chi connectivity index (χ3v) is 4.26. The number of amides is 1. The van der Waals surface area contributed by atoms with Crippen LogP contribution in [0.3, 0.4) is 0 Å². The number of morpholine rings is 1. The molecule has 1 fully saturated rings. The van der Waals surface area contributed by atoms with E-state index in [4.69, 9.17) is 4.74 Å². The van der Waals surface area contributed by atoms with E-state index in [1.807, 2.05) is 36.1 Å². The molecule has 0 aliphatic carbocycles. The lowest BCUT2D eigenvalue weighted by Gasteiger charge is -2.33. The van der Waals surface area contributed by atoms with E-state index in [-0.39, 0.29) is 17.8 Å². The van der Waals surface area contributed by atoms with Crippen LogP contribution in [0, 0.1) is 12.7 Å². The Morgan fingerprint density at radius 1 is 1.22 bits per heavy atom. The van der Waals surface area contributed by atoms with Gasteiger partial charge in [-0.1, -0.05) is 36.4 Å². The molecule has 0 spiro atoms. The minimum absolute atomic E-state index is 0.106. The molecule has 1 saturated heterocycles. The Labute approximate surface area is 135 Å². The number of nitrogens with zero attached hydrogens (tertiary/aromatic N) is 1. The van der Waals surface area contributed by atoms with E-state index < -0.39 is 0 Å². The minimum Gasteiger partial charge on any atom is -0.370 e. The van der Waals surface area contributed by atoms with Crippen LogP contribution in [0.2, 0.25) is 0 Å². The lowest BCUT2D eigenvalue weighted by molar-refractivity contribution is -0.138. The van der Waals surface area contributed by atoms with Crippen LogP contribution in [0.25, 0.3) is 0 Å². The molecule has 1 atom stereocenters. The van der Waals surface area contributed by atoms with E-state index in [9.17, 15) is 9.18 Å². The minimum atomic E-state index is -0.267. The summed E-state index contributed by atoms with van der Waals surface area (Å²) in [6, 6.07) is 14.2. The van der Waals surface area contributed by atoms with Crippen molar-refractivity contribution in [3.8, 4) is 0 Å². The number of benzene rings is 2. The van der Waals surface area contributed by atoms with Gasteiger partial charge in [-0.15, -0.1) is 0 Å². The second-order valence-electron chi connectivity index (χ2n) is 5.85. The number of halogens is 1. The van der Waals surface area contributed by atoms with Crippen LogP contribution >= 0.6 is 0 Å². The van der Waals surface area contributed by atoms with Crippen LogP contribution in [0.1, 0.15) is 22.8 Å². The third-order valence-electron chi connectivity index (χ3n) is 4.26. The summed E-state index contributed by atoms with van der Waals surface area (Å²) >= 11 is 0. The molecule has 1 heterocycles. The summed E-state index contributed by atoms with van der Waals surface area (Å²) in [5, 5.41) is 0. The predicted molar refractivity (Wildman–Crippen MR) is 86.6 cm³/mol. The van der Waals surface area contributed by atoms with Crippen molar-refractivity contribution in [2.45, 2.75) is 19.4 Å². The van der Waals surface area contributed by atoms with E-state index in [1.165, 1.54) is 12.1 Å². The number of aryl methyl sites for hydroxylation is 1. The Morgan fingerprint density at radius 3 is 2.70 bits per heavy atom. The first kappa shape index (κ1) is 15.7. The summed E-state index contributed by atoms with van der Waals surface area (Å²) in [6.07, 6.45) is 0.216. The SMILES string of the molecule is Cc1ccccc1CC(=O)N1CCO[C@@H](c2ccc(F)cc2)C1. The first-order valence-electron chi connectivity index (χ1n) is 7.83. The van der Waals surface area contributed by atoms with Gasteiger partial charge in [-0.3, -0.25) is 4.79 Å². The average Bonchev–Trinajstić information content (AvgIpc) is 2.58. The van der Waals surface area contributed by atoms with Gasteiger partial charge in [0, 0.05) is 6.54 Å². The van der Waals surface area contributed by atoms with Gasteiger partial charge in [0.05, 0.1) is 19.6 Å². The normalized spacial score (nSPS) is 18.0. The van der Waals surface area contributed by atoms with Crippen molar-refractivity contribution in [3.05, 3.63) is 71.0 Å². The fraction of sp³-hybridized carbons (Fsp3) is 0.316. The van der Waals surface area contributed by atoms with Gasteiger partial charge in [-0.25, -0.2) is 4.39 Å². The molecule has 4 heteroatoms. The van der Waals surface area contributed by atoms with E-state index >= 15 is 0 Å². The van der Waals surface area contributed by atoms with Gasteiger partial charge < -0.3 is 9.64 Å². The maximum Gasteiger partial charge on any atom is 0.227 e. The van der Waals surface area contributed by atoms with Crippen molar-refractivity contribution < 1.29 is 13.9 Å². The maximum absolute atomic E-state index is 13.0. The highest BCUT2D eigenvalue weighted by Gasteiger charge is 2.25. The molecule has 1 aliphatic heterocycles. The first-order valence-corrected chi connectivity index (χ1v) is 7.83. The van der Waals surface area contributed by atoms with Crippen molar-refractivity contribution in [3.63, 3.8) is 0 Å². The largest absolute Gasteiger partial charge is 0.370 e. The van der Waals surface area contributed by atoms with Gasteiger partial charge in [0.2, 0.25) is 5.91 Å². The molecule has 0 saturated carbocycles. The van der Waals surface area contributed by atoms with Gasteiger partial charge in [0.15, 0.2) is 0 Å². The lowest BCUT2D eigenvalue weighted by Crippen LogP contribution is -2.43. The van der Waals surface area contributed by atoms with E-state index in [2.05, 4.69) is 0 Å². The zero-order valence-electron chi connectivity index (χ0n) is 13.2. The Hall–Kier alpha value is -2.20. The van der Waals surface area contributed by atoms with Crippen LogP contribution in [-0.2, 0) is 16.0 Å². The van der Waals surface area contributed by atoms with Gasteiger partial charge >= 0.3 is 0 Å². The van der Waals surface area contributed by atoms with Crippen LogP contribution < -0.4 is 0 Å². The molecule has 120 valence electrons. The summed E-state index contributed by atoms with van der Waals surface area (Å²) in [5.41, 5.74) is 3.09. The topological polar surface area (TPSA) is 29.5 Å². The van der Waals surface area contributed by atoms with Gasteiger partial charge in [0.1, 0.15) is 11.9 Å². The van der Waals surface area contributed by atoms with Gasteiger partial charge in [-0.2, -0.15) is 0 Å². The average molecular weight is 313 g/mol. The molecule has 1 aliphatic rings. The zero-order valence-corrected chi connectivity index (χ0v) is 13.2. The summed E-state index contributed by atoms with van der Waals surface area (Å²) < 4.78 is 18.8. The second-order valence-corrected chi connectivity index (χ2v) is 5.85. The molecule has 23 heavy (non-hydrogen) atoms. The van der Waals surface area contributed by atoms with Gasteiger partial charge in [-0.05, 0) is 35.7 Å². The Bertz CT molecular complexity index is 684. The molecule has 1 amide bonds. The highest BCUT2D eigenvalue weighted by atomic mass is 19.1. The number of hydrogen-bond donors (Lipinski definition) is 0. The van der Waals surface area contributed by atoms with Crippen molar-refractivity contribution in [2.24, 2.45) is 0 Å². The number of carbonyl (C=O) groups is 1. The van der Waals surface area contributed by atoms with Crippen molar-refractivity contribution in [1.82, 2.24) is 4.90 Å². The predicted octanol–water partition coefficient (Wildman–Crippen LogP) is 3.28. The Balaban J connectivity index is 1.67. The molecule has 0 aromatic heterocycles. The molecule has 3 nitrogen and oxygen atoms in total. The van der Waals surface area contributed by atoms with E-state index in [0.29, 0.717) is 26.1 Å². The molecule has 0 bridgehead atoms. The zero-order chi connectivity index (χ0) is 16.2. The van der Waals surface area contributed by atoms with Crippen LogP contribution in [0.4, 0.5) is 4.39 Å².